The number of nitrogens with zero attached hydrogens (tertiary/aromatic N) is 1. The number of carbonyl (C=O) groups is 1. The highest BCUT2D eigenvalue weighted by Gasteiger charge is 2.18. The molecule has 0 heterocycles. The van der Waals surface area contributed by atoms with Crippen LogP contribution >= 0.6 is 0 Å². The second kappa shape index (κ2) is 5.82. The Labute approximate surface area is 103 Å². The molecule has 1 rings (SSSR count). The number of methoxy groups -OCH3 is 1. The summed E-state index contributed by atoms with van der Waals surface area (Å²) in [4.78, 5) is 20.9. The molecule has 1 atom stereocenters. The van der Waals surface area contributed by atoms with Gasteiger partial charge in [-0.15, -0.1) is 0 Å². The Hall–Kier alpha value is -2.35. The fraction of sp³-hybridized carbons (Fsp3) is 0.300. The highest BCUT2D eigenvalue weighted by atomic mass is 16.6. The van der Waals surface area contributed by atoms with E-state index in [0.29, 0.717) is 5.75 Å². The minimum atomic E-state index is -1.02. The van der Waals surface area contributed by atoms with E-state index in [4.69, 9.17) is 20.9 Å². The fourth-order valence-electron chi connectivity index (χ4n) is 1.15. The molecular formula is C10H13N3O5. The SMILES string of the molecule is COc1ccc(OCC(N)C(N)=O)c([N+](=O)[O-])c1. The Kier molecular flexibility index (Phi) is 4.44. The average Bonchev–Trinajstić information content (AvgIpc) is 2.35. The number of hydrogen-bond donors (Lipinski definition) is 2. The van der Waals surface area contributed by atoms with Gasteiger partial charge in [0.05, 0.1) is 18.1 Å². The van der Waals surface area contributed by atoms with Crippen molar-refractivity contribution in [3.05, 3.63) is 28.3 Å². The summed E-state index contributed by atoms with van der Waals surface area (Å²) in [6, 6.07) is 3.06. The van der Waals surface area contributed by atoms with Gasteiger partial charge in [-0.2, -0.15) is 0 Å². The van der Waals surface area contributed by atoms with Gasteiger partial charge in [-0.1, -0.05) is 0 Å². The molecule has 0 spiro atoms. The van der Waals surface area contributed by atoms with E-state index < -0.39 is 16.9 Å². The van der Waals surface area contributed by atoms with Crippen molar-refractivity contribution in [1.82, 2.24) is 0 Å². The third-order valence-corrected chi connectivity index (χ3v) is 2.15. The van der Waals surface area contributed by atoms with Crippen LogP contribution in [0.3, 0.4) is 0 Å². The molecule has 1 aromatic rings. The van der Waals surface area contributed by atoms with Gasteiger partial charge < -0.3 is 20.9 Å². The first-order valence-corrected chi connectivity index (χ1v) is 4.96. The Balaban J connectivity index is 2.88. The number of ether oxygens (including phenoxy) is 2. The van der Waals surface area contributed by atoms with Gasteiger partial charge in [0.15, 0.2) is 5.75 Å². The first-order chi connectivity index (χ1) is 8.45. The highest BCUT2D eigenvalue weighted by Crippen LogP contribution is 2.30. The number of nitrogens with two attached hydrogens (primary N) is 2. The number of rotatable bonds is 6. The molecule has 0 aromatic heterocycles. The Bertz CT molecular complexity index is 463. The van der Waals surface area contributed by atoms with E-state index in [2.05, 4.69) is 0 Å². The summed E-state index contributed by atoms with van der Waals surface area (Å²) in [7, 11) is 1.39. The molecular weight excluding hydrogens is 242 g/mol. The monoisotopic (exact) mass is 255 g/mol. The van der Waals surface area contributed by atoms with Crippen LogP contribution in [-0.2, 0) is 4.79 Å². The predicted molar refractivity (Wildman–Crippen MR) is 62.3 cm³/mol. The average molecular weight is 255 g/mol. The number of hydrogen-bond acceptors (Lipinski definition) is 6. The number of amides is 1. The molecule has 98 valence electrons. The summed E-state index contributed by atoms with van der Waals surface area (Å²) in [5.41, 5.74) is 10.0. The maximum Gasteiger partial charge on any atom is 0.314 e. The molecule has 0 bridgehead atoms. The van der Waals surface area contributed by atoms with E-state index in [1.54, 1.807) is 0 Å². The predicted octanol–water partition coefficient (Wildman–Crippen LogP) is -0.205. The van der Waals surface area contributed by atoms with Crippen molar-refractivity contribution in [3.63, 3.8) is 0 Å². The van der Waals surface area contributed by atoms with Crippen molar-refractivity contribution in [2.75, 3.05) is 13.7 Å². The zero-order valence-electron chi connectivity index (χ0n) is 9.66. The molecule has 1 aromatic carbocycles. The van der Waals surface area contributed by atoms with Crippen LogP contribution in [-0.4, -0.2) is 30.6 Å². The number of nitro groups is 1. The van der Waals surface area contributed by atoms with Crippen LogP contribution in [0, 0.1) is 10.1 Å². The molecule has 18 heavy (non-hydrogen) atoms. The van der Waals surface area contributed by atoms with Crippen LogP contribution in [0.25, 0.3) is 0 Å². The van der Waals surface area contributed by atoms with E-state index in [9.17, 15) is 14.9 Å². The van der Waals surface area contributed by atoms with E-state index in [1.165, 1.54) is 25.3 Å². The summed E-state index contributed by atoms with van der Waals surface area (Å²) in [5, 5.41) is 10.8. The molecule has 0 aliphatic rings. The van der Waals surface area contributed by atoms with Crippen LogP contribution in [0.4, 0.5) is 5.69 Å². The quantitative estimate of drug-likeness (QED) is 0.534. The van der Waals surface area contributed by atoms with Gasteiger partial charge in [0.1, 0.15) is 18.4 Å². The summed E-state index contributed by atoms with van der Waals surface area (Å²) in [6.45, 7) is -0.234. The third kappa shape index (κ3) is 3.32. The van der Waals surface area contributed by atoms with Gasteiger partial charge in [-0.05, 0) is 12.1 Å². The smallest absolute Gasteiger partial charge is 0.314 e. The summed E-state index contributed by atoms with van der Waals surface area (Å²) in [5.74, 6) is -0.420. The van der Waals surface area contributed by atoms with E-state index in [0.717, 1.165) is 0 Å². The maximum atomic E-state index is 10.8. The lowest BCUT2D eigenvalue weighted by atomic mass is 10.2. The van der Waals surface area contributed by atoms with E-state index in [-0.39, 0.29) is 18.0 Å². The summed E-state index contributed by atoms with van der Waals surface area (Å²) in [6.07, 6.45) is 0. The number of nitro benzene ring substituents is 1. The lowest BCUT2D eigenvalue weighted by molar-refractivity contribution is -0.385. The van der Waals surface area contributed by atoms with Gasteiger partial charge in [0.25, 0.3) is 0 Å². The molecule has 0 aliphatic heterocycles. The summed E-state index contributed by atoms with van der Waals surface area (Å²) >= 11 is 0. The van der Waals surface area contributed by atoms with Crippen LogP contribution in [0.15, 0.2) is 18.2 Å². The normalized spacial score (nSPS) is 11.7. The van der Waals surface area contributed by atoms with Gasteiger partial charge >= 0.3 is 5.69 Å². The van der Waals surface area contributed by atoms with Crippen molar-refractivity contribution in [2.45, 2.75) is 6.04 Å². The zero-order chi connectivity index (χ0) is 13.7. The largest absolute Gasteiger partial charge is 0.496 e. The highest BCUT2D eigenvalue weighted by molar-refractivity contribution is 5.79. The fourth-order valence-corrected chi connectivity index (χ4v) is 1.15. The third-order valence-electron chi connectivity index (χ3n) is 2.15. The van der Waals surface area contributed by atoms with Crippen LogP contribution in [0.5, 0.6) is 11.5 Å². The van der Waals surface area contributed by atoms with Crippen molar-refractivity contribution >= 4 is 11.6 Å². The van der Waals surface area contributed by atoms with Gasteiger partial charge in [0, 0.05) is 0 Å². The maximum absolute atomic E-state index is 10.8. The molecule has 1 unspecified atom stereocenters. The molecule has 4 N–H and O–H groups in total. The molecule has 0 saturated heterocycles. The van der Waals surface area contributed by atoms with E-state index >= 15 is 0 Å². The van der Waals surface area contributed by atoms with Crippen molar-refractivity contribution < 1.29 is 19.2 Å². The molecule has 8 nitrogen and oxygen atoms in total. The van der Waals surface area contributed by atoms with E-state index in [1.807, 2.05) is 0 Å². The Morgan fingerprint density at radius 3 is 2.72 bits per heavy atom. The molecule has 0 radical (unpaired) electrons. The first kappa shape index (κ1) is 13.7. The van der Waals surface area contributed by atoms with Crippen LogP contribution in [0.1, 0.15) is 0 Å². The number of benzene rings is 1. The van der Waals surface area contributed by atoms with Gasteiger partial charge in [-0.3, -0.25) is 14.9 Å². The molecule has 1 amide bonds. The van der Waals surface area contributed by atoms with Gasteiger partial charge in [-0.25, -0.2) is 0 Å². The van der Waals surface area contributed by atoms with Crippen molar-refractivity contribution in [1.29, 1.82) is 0 Å². The lowest BCUT2D eigenvalue weighted by Gasteiger charge is -2.10. The lowest BCUT2D eigenvalue weighted by Crippen LogP contribution is -2.41. The molecule has 8 heteroatoms. The molecule has 0 saturated carbocycles. The van der Waals surface area contributed by atoms with Crippen molar-refractivity contribution in [2.24, 2.45) is 11.5 Å². The molecule has 0 aliphatic carbocycles. The van der Waals surface area contributed by atoms with Crippen LogP contribution < -0.4 is 20.9 Å². The van der Waals surface area contributed by atoms with Crippen LogP contribution in [0.2, 0.25) is 0 Å². The summed E-state index contributed by atoms with van der Waals surface area (Å²) < 4.78 is 9.96. The standard InChI is InChI=1S/C10H13N3O5/c1-17-6-2-3-9(8(4-6)13(15)16)18-5-7(11)10(12)14/h2-4,7H,5,11H2,1H3,(H2,12,14). The molecule has 0 fully saturated rings. The Morgan fingerprint density at radius 2 is 2.22 bits per heavy atom. The first-order valence-electron chi connectivity index (χ1n) is 4.96. The Morgan fingerprint density at radius 1 is 1.56 bits per heavy atom. The number of primary amides is 1. The minimum Gasteiger partial charge on any atom is -0.496 e. The van der Waals surface area contributed by atoms with Gasteiger partial charge in [0.2, 0.25) is 5.91 Å². The second-order valence-corrected chi connectivity index (χ2v) is 3.41. The second-order valence-electron chi connectivity index (χ2n) is 3.41. The zero-order valence-corrected chi connectivity index (χ0v) is 9.66. The van der Waals surface area contributed by atoms with Crippen molar-refractivity contribution in [3.8, 4) is 11.5 Å². The minimum absolute atomic E-state index is 0.00231. The number of carbonyl (C=O) groups excluding carboxylic acids is 1. The topological polar surface area (TPSA) is 131 Å².